The minimum atomic E-state index is 0.502. The number of aromatic nitrogens is 4. The molecule has 4 nitrogen and oxygen atoms in total. The van der Waals surface area contributed by atoms with Crippen molar-refractivity contribution in [1.29, 1.82) is 0 Å². The zero-order chi connectivity index (χ0) is 13.1. The van der Waals surface area contributed by atoms with Gasteiger partial charge in [0.25, 0.3) is 0 Å². The fraction of sp³-hybridized carbons (Fsp3) is 0. The minimum absolute atomic E-state index is 0.502. The van der Waals surface area contributed by atoms with Gasteiger partial charge in [-0.1, -0.05) is 36.4 Å². The highest BCUT2D eigenvalue weighted by atomic mass is 79.9. The first kappa shape index (κ1) is 11.9. The number of hydrogen-bond acceptors (Lipinski definition) is 4. The summed E-state index contributed by atoms with van der Waals surface area (Å²) in [6.45, 7) is 0. The third kappa shape index (κ3) is 2.66. The molecule has 2 heterocycles. The van der Waals surface area contributed by atoms with Crippen molar-refractivity contribution in [3.05, 3.63) is 59.5 Å². The van der Waals surface area contributed by atoms with Crippen LogP contribution in [0.4, 0.5) is 0 Å². The number of rotatable bonds is 2. The Morgan fingerprint density at radius 3 is 2.21 bits per heavy atom. The summed E-state index contributed by atoms with van der Waals surface area (Å²) < 4.78 is 0.502. The molecule has 0 saturated heterocycles. The quantitative estimate of drug-likeness (QED) is 0.728. The van der Waals surface area contributed by atoms with Crippen LogP contribution in [0.1, 0.15) is 0 Å². The van der Waals surface area contributed by atoms with E-state index < -0.39 is 0 Å². The fourth-order valence-electron chi connectivity index (χ4n) is 1.68. The Morgan fingerprint density at radius 1 is 0.737 bits per heavy atom. The number of halogens is 1. The maximum atomic E-state index is 4.46. The lowest BCUT2D eigenvalue weighted by atomic mass is 10.2. The Labute approximate surface area is 118 Å². The number of benzene rings is 1. The lowest BCUT2D eigenvalue weighted by molar-refractivity contribution is 1.02. The zero-order valence-electron chi connectivity index (χ0n) is 9.86. The van der Waals surface area contributed by atoms with Crippen molar-refractivity contribution in [1.82, 2.24) is 19.9 Å². The van der Waals surface area contributed by atoms with E-state index in [1.54, 1.807) is 6.20 Å². The zero-order valence-corrected chi connectivity index (χ0v) is 11.4. The third-order valence-corrected chi connectivity index (χ3v) is 2.89. The molecule has 0 spiro atoms. The van der Waals surface area contributed by atoms with Crippen LogP contribution in [0.15, 0.2) is 59.5 Å². The molecular formula is C14H9BrN4. The molecule has 0 fully saturated rings. The van der Waals surface area contributed by atoms with Crippen molar-refractivity contribution < 1.29 is 0 Å². The van der Waals surface area contributed by atoms with Crippen LogP contribution in [-0.2, 0) is 0 Å². The van der Waals surface area contributed by atoms with Gasteiger partial charge in [-0.05, 0) is 28.1 Å². The monoisotopic (exact) mass is 312 g/mol. The van der Waals surface area contributed by atoms with E-state index in [9.17, 15) is 0 Å². The SMILES string of the molecule is Brc1nc(-c2ccccc2)nc(-c2ccccn2)n1. The predicted octanol–water partition coefficient (Wildman–Crippen LogP) is 3.36. The van der Waals surface area contributed by atoms with Gasteiger partial charge in [-0.3, -0.25) is 4.98 Å². The summed E-state index contributed by atoms with van der Waals surface area (Å²) in [5, 5.41) is 0. The summed E-state index contributed by atoms with van der Waals surface area (Å²) >= 11 is 3.32. The maximum absolute atomic E-state index is 4.46. The highest BCUT2D eigenvalue weighted by Gasteiger charge is 2.09. The Hall–Kier alpha value is -2.14. The Bertz CT molecular complexity index is 629. The first-order valence-corrected chi connectivity index (χ1v) is 6.50. The van der Waals surface area contributed by atoms with Gasteiger partial charge in [0.2, 0.25) is 4.73 Å². The fourth-order valence-corrected chi connectivity index (χ4v) is 2.01. The van der Waals surface area contributed by atoms with Gasteiger partial charge >= 0.3 is 0 Å². The lowest BCUT2D eigenvalue weighted by Crippen LogP contribution is -1.98. The van der Waals surface area contributed by atoms with Crippen LogP contribution in [0, 0.1) is 0 Å². The highest BCUT2D eigenvalue weighted by Crippen LogP contribution is 2.20. The second kappa shape index (κ2) is 5.24. The van der Waals surface area contributed by atoms with Crippen molar-refractivity contribution in [2.45, 2.75) is 0 Å². The summed E-state index contributed by atoms with van der Waals surface area (Å²) in [5.41, 5.74) is 1.67. The summed E-state index contributed by atoms with van der Waals surface area (Å²) in [7, 11) is 0. The highest BCUT2D eigenvalue weighted by molar-refractivity contribution is 9.10. The second-order valence-electron chi connectivity index (χ2n) is 3.83. The van der Waals surface area contributed by atoms with Crippen molar-refractivity contribution in [3.63, 3.8) is 0 Å². The average Bonchev–Trinajstić information content (AvgIpc) is 2.48. The second-order valence-corrected chi connectivity index (χ2v) is 4.54. The van der Waals surface area contributed by atoms with Crippen LogP contribution < -0.4 is 0 Å². The number of nitrogens with zero attached hydrogens (tertiary/aromatic N) is 4. The molecule has 0 saturated carbocycles. The molecule has 0 radical (unpaired) electrons. The summed E-state index contributed by atoms with van der Waals surface area (Å²) in [6.07, 6.45) is 1.72. The Kier molecular flexibility index (Phi) is 3.29. The van der Waals surface area contributed by atoms with Gasteiger partial charge < -0.3 is 0 Å². The van der Waals surface area contributed by atoms with Crippen LogP contribution in [0.25, 0.3) is 22.9 Å². The van der Waals surface area contributed by atoms with E-state index in [4.69, 9.17) is 0 Å². The molecule has 3 rings (SSSR count). The van der Waals surface area contributed by atoms with Crippen LogP contribution in [-0.4, -0.2) is 19.9 Å². The molecule has 0 N–H and O–H groups in total. The van der Waals surface area contributed by atoms with Gasteiger partial charge in [-0.15, -0.1) is 0 Å². The average molecular weight is 313 g/mol. The molecular weight excluding hydrogens is 304 g/mol. The van der Waals surface area contributed by atoms with Crippen LogP contribution in [0.5, 0.6) is 0 Å². The molecule has 0 aliphatic carbocycles. The van der Waals surface area contributed by atoms with Crippen molar-refractivity contribution >= 4 is 15.9 Å². The van der Waals surface area contributed by atoms with E-state index >= 15 is 0 Å². The van der Waals surface area contributed by atoms with E-state index in [1.807, 2.05) is 48.5 Å². The molecule has 2 aromatic heterocycles. The summed E-state index contributed by atoms with van der Waals surface area (Å²) in [5.74, 6) is 1.18. The number of hydrogen-bond donors (Lipinski definition) is 0. The normalized spacial score (nSPS) is 10.4. The van der Waals surface area contributed by atoms with Crippen LogP contribution in [0.3, 0.4) is 0 Å². The lowest BCUT2D eigenvalue weighted by Gasteiger charge is -2.03. The molecule has 0 unspecified atom stereocenters. The van der Waals surface area contributed by atoms with E-state index in [0.29, 0.717) is 16.4 Å². The molecule has 5 heteroatoms. The maximum Gasteiger partial charge on any atom is 0.200 e. The summed E-state index contributed by atoms with van der Waals surface area (Å²) in [6, 6.07) is 15.4. The topological polar surface area (TPSA) is 51.6 Å². The van der Waals surface area contributed by atoms with Crippen molar-refractivity contribution in [2.75, 3.05) is 0 Å². The van der Waals surface area contributed by atoms with Gasteiger partial charge in [-0.2, -0.15) is 0 Å². The van der Waals surface area contributed by atoms with Gasteiger partial charge in [0.1, 0.15) is 5.69 Å². The first-order chi connectivity index (χ1) is 9.33. The molecule has 19 heavy (non-hydrogen) atoms. The standard InChI is InChI=1S/C14H9BrN4/c15-14-18-12(10-6-2-1-3-7-10)17-13(19-14)11-8-4-5-9-16-11/h1-9H. The van der Waals surface area contributed by atoms with Gasteiger partial charge in [0.05, 0.1) is 0 Å². The van der Waals surface area contributed by atoms with E-state index in [1.165, 1.54) is 0 Å². The van der Waals surface area contributed by atoms with Crippen LogP contribution in [0.2, 0.25) is 0 Å². The molecule has 0 atom stereocenters. The van der Waals surface area contributed by atoms with Crippen molar-refractivity contribution in [3.8, 4) is 22.9 Å². The largest absolute Gasteiger partial charge is 0.253 e. The van der Waals surface area contributed by atoms with Gasteiger partial charge in [0, 0.05) is 11.8 Å². The molecule has 0 bridgehead atoms. The van der Waals surface area contributed by atoms with Gasteiger partial charge in [0.15, 0.2) is 11.6 Å². The Balaban J connectivity index is 2.12. The molecule has 0 amide bonds. The smallest absolute Gasteiger partial charge is 0.200 e. The number of pyridine rings is 1. The third-order valence-electron chi connectivity index (χ3n) is 2.53. The predicted molar refractivity (Wildman–Crippen MR) is 76.2 cm³/mol. The van der Waals surface area contributed by atoms with E-state index in [-0.39, 0.29) is 0 Å². The molecule has 3 aromatic rings. The van der Waals surface area contributed by atoms with E-state index in [0.717, 1.165) is 11.3 Å². The van der Waals surface area contributed by atoms with E-state index in [2.05, 4.69) is 35.9 Å². The minimum Gasteiger partial charge on any atom is -0.253 e. The molecule has 0 aliphatic heterocycles. The van der Waals surface area contributed by atoms with Crippen molar-refractivity contribution in [2.24, 2.45) is 0 Å². The molecule has 0 aliphatic rings. The van der Waals surface area contributed by atoms with Crippen LogP contribution >= 0.6 is 15.9 Å². The molecule has 92 valence electrons. The molecule has 1 aromatic carbocycles. The Morgan fingerprint density at radius 2 is 1.47 bits per heavy atom. The summed E-state index contributed by atoms with van der Waals surface area (Å²) in [4.78, 5) is 17.3. The first-order valence-electron chi connectivity index (χ1n) is 5.71. The van der Waals surface area contributed by atoms with Gasteiger partial charge in [-0.25, -0.2) is 15.0 Å².